The lowest BCUT2D eigenvalue weighted by Crippen LogP contribution is -2.29. The van der Waals surface area contributed by atoms with Gasteiger partial charge in [-0.1, -0.05) is 31.5 Å². The van der Waals surface area contributed by atoms with E-state index in [1.807, 2.05) is 13.1 Å². The normalized spacial score (nSPS) is 22.2. The van der Waals surface area contributed by atoms with Crippen molar-refractivity contribution in [3.63, 3.8) is 0 Å². The number of amides is 1. The lowest BCUT2D eigenvalue weighted by molar-refractivity contribution is 0.0788. The van der Waals surface area contributed by atoms with Crippen LogP contribution in [0.4, 0.5) is 0 Å². The zero-order chi connectivity index (χ0) is 17.3. The monoisotopic (exact) mass is 342 g/mol. The summed E-state index contributed by atoms with van der Waals surface area (Å²) >= 11 is 6.21. The lowest BCUT2D eigenvalue weighted by Gasteiger charge is -2.23. The number of halogens is 1. The first kappa shape index (κ1) is 17.0. The minimum absolute atomic E-state index is 0.0214. The Bertz CT molecular complexity index is 732. The van der Waals surface area contributed by atoms with Gasteiger partial charge in [0.2, 0.25) is 0 Å². The van der Waals surface area contributed by atoms with E-state index in [1.165, 1.54) is 11.1 Å². The third kappa shape index (κ3) is 3.18. The van der Waals surface area contributed by atoms with Crippen molar-refractivity contribution in [2.24, 2.45) is 5.92 Å². The van der Waals surface area contributed by atoms with Gasteiger partial charge in [-0.2, -0.15) is 0 Å². The second-order valence-corrected chi connectivity index (χ2v) is 7.22. The number of carbonyl (C=O) groups excluding carboxylic acids is 1. The molecule has 3 nitrogen and oxygen atoms in total. The first-order valence-corrected chi connectivity index (χ1v) is 8.81. The number of benzene rings is 1. The van der Waals surface area contributed by atoms with Crippen LogP contribution < -0.4 is 0 Å². The summed E-state index contributed by atoms with van der Waals surface area (Å²) in [5, 5.41) is 0.792. The summed E-state index contributed by atoms with van der Waals surface area (Å²) in [6.07, 6.45) is 4.24. The standard InChI is InChI=1S/C20H23ClN2O/c1-13-14(2)18(19-11-16(21)6-7-17(13)19)8-10-23(3)20(24)15-5-4-9-22-12-15/h4-7,9,11-14,18H,8,10H2,1-3H3/t13?,14-,18?/m1/s1. The number of rotatable bonds is 4. The smallest absolute Gasteiger partial charge is 0.255 e. The van der Waals surface area contributed by atoms with E-state index in [-0.39, 0.29) is 5.91 Å². The Kier molecular flexibility index (Phi) is 4.91. The van der Waals surface area contributed by atoms with E-state index >= 15 is 0 Å². The molecule has 3 rings (SSSR count). The average molecular weight is 343 g/mol. The van der Waals surface area contributed by atoms with Crippen molar-refractivity contribution in [2.45, 2.75) is 32.1 Å². The Labute approximate surface area is 148 Å². The predicted molar refractivity (Wildman–Crippen MR) is 97.6 cm³/mol. The largest absolute Gasteiger partial charge is 0.342 e. The highest BCUT2D eigenvalue weighted by Crippen LogP contribution is 2.48. The van der Waals surface area contributed by atoms with Crippen LogP contribution in [-0.4, -0.2) is 29.4 Å². The van der Waals surface area contributed by atoms with Crippen molar-refractivity contribution in [1.82, 2.24) is 9.88 Å². The molecule has 4 heteroatoms. The summed E-state index contributed by atoms with van der Waals surface area (Å²) in [6, 6.07) is 9.83. The van der Waals surface area contributed by atoms with Gasteiger partial charge in [0.25, 0.3) is 5.91 Å². The maximum absolute atomic E-state index is 12.5. The molecule has 0 spiro atoms. The van der Waals surface area contributed by atoms with Gasteiger partial charge in [0.15, 0.2) is 0 Å². The molecule has 1 aliphatic carbocycles. The fourth-order valence-electron chi connectivity index (χ4n) is 3.76. The maximum Gasteiger partial charge on any atom is 0.255 e. The Balaban J connectivity index is 1.71. The van der Waals surface area contributed by atoms with E-state index in [1.54, 1.807) is 29.4 Å². The highest BCUT2D eigenvalue weighted by Gasteiger charge is 2.35. The molecule has 0 N–H and O–H groups in total. The Hall–Kier alpha value is -1.87. The van der Waals surface area contributed by atoms with Crippen LogP contribution in [0, 0.1) is 5.92 Å². The van der Waals surface area contributed by atoms with Crippen molar-refractivity contribution in [2.75, 3.05) is 13.6 Å². The van der Waals surface area contributed by atoms with Crippen LogP contribution in [0.25, 0.3) is 0 Å². The van der Waals surface area contributed by atoms with Gasteiger partial charge in [0.05, 0.1) is 5.56 Å². The Morgan fingerprint density at radius 2 is 2.04 bits per heavy atom. The number of nitrogens with zero attached hydrogens (tertiary/aromatic N) is 2. The molecule has 24 heavy (non-hydrogen) atoms. The molecule has 2 aromatic rings. The van der Waals surface area contributed by atoms with Crippen molar-refractivity contribution in [3.8, 4) is 0 Å². The van der Waals surface area contributed by atoms with Gasteiger partial charge >= 0.3 is 0 Å². The second-order valence-electron chi connectivity index (χ2n) is 6.78. The minimum Gasteiger partial charge on any atom is -0.342 e. The molecule has 0 fully saturated rings. The van der Waals surface area contributed by atoms with Gasteiger partial charge in [-0.25, -0.2) is 0 Å². The van der Waals surface area contributed by atoms with Crippen LogP contribution >= 0.6 is 11.6 Å². The summed E-state index contributed by atoms with van der Waals surface area (Å²) in [5.74, 6) is 1.55. The number of hydrogen-bond acceptors (Lipinski definition) is 2. The van der Waals surface area contributed by atoms with Crippen LogP contribution in [0.2, 0.25) is 5.02 Å². The number of aromatic nitrogens is 1. The Morgan fingerprint density at radius 3 is 2.75 bits per heavy atom. The van der Waals surface area contributed by atoms with Gasteiger partial charge in [0.1, 0.15) is 0 Å². The van der Waals surface area contributed by atoms with Gasteiger partial charge in [-0.05, 0) is 59.6 Å². The molecular formula is C20H23ClN2O. The zero-order valence-electron chi connectivity index (χ0n) is 14.4. The molecule has 1 amide bonds. The Morgan fingerprint density at radius 1 is 1.25 bits per heavy atom. The molecule has 0 radical (unpaired) electrons. The SMILES string of the molecule is CC1c2ccc(Cl)cc2C(CCN(C)C(=O)c2cccnc2)[C@@H]1C. The van der Waals surface area contributed by atoms with E-state index in [4.69, 9.17) is 11.6 Å². The third-order valence-corrected chi connectivity index (χ3v) is 5.63. The molecule has 2 unspecified atom stereocenters. The number of pyridine rings is 1. The molecule has 1 aromatic heterocycles. The minimum atomic E-state index is 0.0214. The fraction of sp³-hybridized carbons (Fsp3) is 0.400. The lowest BCUT2D eigenvalue weighted by atomic mass is 9.87. The first-order valence-electron chi connectivity index (χ1n) is 8.44. The fourth-order valence-corrected chi connectivity index (χ4v) is 3.94. The van der Waals surface area contributed by atoms with Crippen molar-refractivity contribution in [1.29, 1.82) is 0 Å². The van der Waals surface area contributed by atoms with Crippen LogP contribution in [0.1, 0.15) is 53.6 Å². The van der Waals surface area contributed by atoms with Gasteiger partial charge in [-0.15, -0.1) is 0 Å². The molecule has 3 atom stereocenters. The molecular weight excluding hydrogens is 320 g/mol. The molecule has 1 heterocycles. The van der Waals surface area contributed by atoms with E-state index < -0.39 is 0 Å². The highest BCUT2D eigenvalue weighted by atomic mass is 35.5. The van der Waals surface area contributed by atoms with E-state index in [9.17, 15) is 4.79 Å². The number of carbonyl (C=O) groups is 1. The van der Waals surface area contributed by atoms with Crippen LogP contribution in [-0.2, 0) is 0 Å². The summed E-state index contributed by atoms with van der Waals surface area (Å²) in [6.45, 7) is 5.30. The van der Waals surface area contributed by atoms with E-state index in [0.29, 0.717) is 23.3 Å². The molecule has 0 saturated heterocycles. The predicted octanol–water partition coefficient (Wildman–Crippen LogP) is 4.73. The molecule has 126 valence electrons. The van der Waals surface area contributed by atoms with E-state index in [0.717, 1.165) is 18.0 Å². The summed E-state index contributed by atoms with van der Waals surface area (Å²) < 4.78 is 0. The average Bonchev–Trinajstić information content (AvgIpc) is 2.83. The number of fused-ring (bicyclic) bond motifs is 1. The summed E-state index contributed by atoms with van der Waals surface area (Å²) in [5.41, 5.74) is 3.39. The molecule has 0 bridgehead atoms. The molecule has 1 aromatic carbocycles. The van der Waals surface area contributed by atoms with Crippen molar-refractivity contribution in [3.05, 3.63) is 64.4 Å². The summed E-state index contributed by atoms with van der Waals surface area (Å²) in [4.78, 5) is 18.3. The maximum atomic E-state index is 12.5. The van der Waals surface area contributed by atoms with Crippen LogP contribution in [0.15, 0.2) is 42.7 Å². The number of hydrogen-bond donors (Lipinski definition) is 0. The third-order valence-electron chi connectivity index (χ3n) is 5.39. The van der Waals surface area contributed by atoms with Crippen molar-refractivity contribution >= 4 is 17.5 Å². The van der Waals surface area contributed by atoms with Gasteiger partial charge < -0.3 is 4.90 Å². The van der Waals surface area contributed by atoms with Crippen LogP contribution in [0.5, 0.6) is 0 Å². The topological polar surface area (TPSA) is 33.2 Å². The molecule has 1 aliphatic rings. The molecule has 0 aliphatic heterocycles. The van der Waals surface area contributed by atoms with E-state index in [2.05, 4.69) is 31.0 Å². The van der Waals surface area contributed by atoms with Crippen molar-refractivity contribution < 1.29 is 4.79 Å². The second kappa shape index (κ2) is 6.94. The van der Waals surface area contributed by atoms with Crippen LogP contribution in [0.3, 0.4) is 0 Å². The highest BCUT2D eigenvalue weighted by molar-refractivity contribution is 6.30. The molecule has 0 saturated carbocycles. The zero-order valence-corrected chi connectivity index (χ0v) is 15.1. The van der Waals surface area contributed by atoms with Gasteiger partial charge in [0, 0.05) is 31.0 Å². The van der Waals surface area contributed by atoms with Gasteiger partial charge in [-0.3, -0.25) is 9.78 Å². The summed E-state index contributed by atoms with van der Waals surface area (Å²) in [7, 11) is 1.86. The first-order chi connectivity index (χ1) is 11.5. The quantitative estimate of drug-likeness (QED) is 0.804.